The molecule has 0 atom stereocenters. The topological polar surface area (TPSA) is 54.0 Å². The standard InChI is InChI=1S/C13H14ClN3OS2/c1-7(2)5-11(18)16-12(19)17-13-15-9-4-3-8(14)6-10(9)20-13/h3-4,6-7H,5H2,1-2H3,(H2,15,16,17,18,19). The summed E-state index contributed by atoms with van der Waals surface area (Å²) < 4.78 is 0.969. The predicted molar refractivity (Wildman–Crippen MR) is 88.4 cm³/mol. The molecule has 0 aliphatic rings. The van der Waals surface area contributed by atoms with Gasteiger partial charge in [0.1, 0.15) is 0 Å². The number of carbonyl (C=O) groups excluding carboxylic acids is 1. The third kappa shape index (κ3) is 4.13. The Bertz CT molecular complexity index is 654. The Morgan fingerprint density at radius 2 is 2.25 bits per heavy atom. The van der Waals surface area contributed by atoms with Gasteiger partial charge in [0.25, 0.3) is 0 Å². The summed E-state index contributed by atoms with van der Waals surface area (Å²) >= 11 is 12.5. The first kappa shape index (κ1) is 15.2. The van der Waals surface area contributed by atoms with Crippen LogP contribution >= 0.6 is 35.2 Å². The minimum absolute atomic E-state index is 0.0957. The van der Waals surface area contributed by atoms with E-state index in [0.29, 0.717) is 22.5 Å². The molecule has 7 heteroatoms. The molecule has 2 N–H and O–H groups in total. The summed E-state index contributed by atoms with van der Waals surface area (Å²) in [6, 6.07) is 5.48. The fourth-order valence-electron chi connectivity index (χ4n) is 1.63. The monoisotopic (exact) mass is 327 g/mol. The third-order valence-corrected chi connectivity index (χ3v) is 3.79. The highest BCUT2D eigenvalue weighted by Gasteiger charge is 2.09. The molecular weight excluding hydrogens is 314 g/mol. The maximum atomic E-state index is 11.6. The Morgan fingerprint density at radius 1 is 1.50 bits per heavy atom. The first-order chi connectivity index (χ1) is 9.44. The molecule has 4 nitrogen and oxygen atoms in total. The van der Waals surface area contributed by atoms with Gasteiger partial charge in [0, 0.05) is 11.4 Å². The van der Waals surface area contributed by atoms with Crippen molar-refractivity contribution in [3.05, 3.63) is 23.2 Å². The molecule has 106 valence electrons. The minimum Gasteiger partial charge on any atom is -0.308 e. The molecule has 0 bridgehead atoms. The molecule has 1 amide bonds. The number of hydrogen-bond acceptors (Lipinski definition) is 4. The average Bonchev–Trinajstić information content (AvgIpc) is 2.68. The summed E-state index contributed by atoms with van der Waals surface area (Å²) in [5, 5.41) is 7.12. The average molecular weight is 328 g/mol. The van der Waals surface area contributed by atoms with E-state index in [4.69, 9.17) is 23.8 Å². The van der Waals surface area contributed by atoms with Gasteiger partial charge in [-0.3, -0.25) is 4.79 Å². The van der Waals surface area contributed by atoms with Gasteiger partial charge < -0.3 is 10.6 Å². The molecule has 0 aliphatic carbocycles. The number of anilines is 1. The highest BCUT2D eigenvalue weighted by molar-refractivity contribution is 7.80. The van der Waals surface area contributed by atoms with Crippen molar-refractivity contribution in [1.82, 2.24) is 10.3 Å². The highest BCUT2D eigenvalue weighted by Crippen LogP contribution is 2.28. The fourth-order valence-corrected chi connectivity index (χ4v) is 3.05. The van der Waals surface area contributed by atoms with E-state index in [1.807, 2.05) is 26.0 Å². The zero-order chi connectivity index (χ0) is 14.7. The van der Waals surface area contributed by atoms with Crippen LogP contribution in [0.15, 0.2) is 18.2 Å². The van der Waals surface area contributed by atoms with Crippen molar-refractivity contribution >= 4 is 61.5 Å². The normalized spacial score (nSPS) is 10.8. The molecule has 0 radical (unpaired) electrons. The number of thiazole rings is 1. The summed E-state index contributed by atoms with van der Waals surface area (Å²) in [4.78, 5) is 16.0. The van der Waals surface area contributed by atoms with E-state index in [2.05, 4.69) is 15.6 Å². The molecule has 0 unspecified atom stereocenters. The number of thiocarbonyl (C=S) groups is 1. The van der Waals surface area contributed by atoms with Crippen molar-refractivity contribution in [2.24, 2.45) is 5.92 Å². The molecule has 1 heterocycles. The zero-order valence-electron chi connectivity index (χ0n) is 11.1. The lowest BCUT2D eigenvalue weighted by Crippen LogP contribution is -2.34. The van der Waals surface area contributed by atoms with Crippen LogP contribution in [-0.2, 0) is 4.79 Å². The summed E-state index contributed by atoms with van der Waals surface area (Å²) in [6.07, 6.45) is 0.442. The van der Waals surface area contributed by atoms with Gasteiger partial charge in [-0.2, -0.15) is 0 Å². The fraction of sp³-hybridized carbons (Fsp3) is 0.308. The molecule has 2 aromatic rings. The second kappa shape index (κ2) is 6.47. The van der Waals surface area contributed by atoms with Gasteiger partial charge in [-0.25, -0.2) is 4.98 Å². The number of halogens is 1. The van der Waals surface area contributed by atoms with Crippen LogP contribution < -0.4 is 10.6 Å². The van der Waals surface area contributed by atoms with Gasteiger partial charge in [-0.1, -0.05) is 36.8 Å². The lowest BCUT2D eigenvalue weighted by Gasteiger charge is -2.08. The van der Waals surface area contributed by atoms with Gasteiger partial charge in [-0.05, 0) is 36.3 Å². The van der Waals surface area contributed by atoms with Crippen molar-refractivity contribution < 1.29 is 4.79 Å². The van der Waals surface area contributed by atoms with Crippen LogP contribution in [-0.4, -0.2) is 16.0 Å². The molecule has 2 rings (SSSR count). The van der Waals surface area contributed by atoms with Crippen LogP contribution in [0, 0.1) is 5.92 Å². The third-order valence-electron chi connectivity index (χ3n) is 2.42. The Balaban J connectivity index is 2.01. The quantitative estimate of drug-likeness (QED) is 0.842. The lowest BCUT2D eigenvalue weighted by molar-refractivity contribution is -0.120. The van der Waals surface area contributed by atoms with Crippen LogP contribution in [0.1, 0.15) is 20.3 Å². The van der Waals surface area contributed by atoms with Crippen LogP contribution in [0.2, 0.25) is 5.02 Å². The summed E-state index contributed by atoms with van der Waals surface area (Å²) in [5.74, 6) is 0.198. The second-order valence-electron chi connectivity index (χ2n) is 4.73. The highest BCUT2D eigenvalue weighted by atomic mass is 35.5. The van der Waals surface area contributed by atoms with E-state index >= 15 is 0 Å². The predicted octanol–water partition coefficient (Wildman–Crippen LogP) is 3.81. The van der Waals surface area contributed by atoms with Crippen molar-refractivity contribution in [2.45, 2.75) is 20.3 Å². The Morgan fingerprint density at radius 3 is 2.95 bits per heavy atom. The first-order valence-electron chi connectivity index (χ1n) is 6.11. The number of hydrogen-bond donors (Lipinski definition) is 2. The van der Waals surface area contributed by atoms with Crippen molar-refractivity contribution in [3.8, 4) is 0 Å². The number of benzene rings is 1. The maximum absolute atomic E-state index is 11.6. The zero-order valence-corrected chi connectivity index (χ0v) is 13.5. The maximum Gasteiger partial charge on any atom is 0.226 e. The smallest absolute Gasteiger partial charge is 0.226 e. The van der Waals surface area contributed by atoms with Crippen LogP contribution in [0.4, 0.5) is 5.13 Å². The van der Waals surface area contributed by atoms with Crippen molar-refractivity contribution in [3.63, 3.8) is 0 Å². The van der Waals surface area contributed by atoms with E-state index in [1.165, 1.54) is 11.3 Å². The number of nitrogens with zero attached hydrogens (tertiary/aromatic N) is 1. The molecule has 0 spiro atoms. The van der Waals surface area contributed by atoms with Gasteiger partial charge in [0.2, 0.25) is 5.91 Å². The van der Waals surface area contributed by atoms with E-state index in [0.717, 1.165) is 10.2 Å². The van der Waals surface area contributed by atoms with Crippen molar-refractivity contribution in [1.29, 1.82) is 0 Å². The Hall–Kier alpha value is -1.24. The Labute approximate surface area is 131 Å². The van der Waals surface area contributed by atoms with E-state index in [-0.39, 0.29) is 11.0 Å². The van der Waals surface area contributed by atoms with Gasteiger partial charge in [0.05, 0.1) is 10.2 Å². The number of nitrogens with one attached hydrogen (secondary N) is 2. The molecule has 0 saturated heterocycles. The first-order valence-corrected chi connectivity index (χ1v) is 7.71. The van der Waals surface area contributed by atoms with Gasteiger partial charge >= 0.3 is 0 Å². The van der Waals surface area contributed by atoms with Crippen LogP contribution in [0.5, 0.6) is 0 Å². The molecular formula is C13H14ClN3OS2. The number of amides is 1. The number of carbonyl (C=O) groups is 1. The molecule has 0 saturated carbocycles. The van der Waals surface area contributed by atoms with E-state index in [9.17, 15) is 4.79 Å². The number of aromatic nitrogens is 1. The van der Waals surface area contributed by atoms with Gasteiger partial charge in [-0.15, -0.1) is 0 Å². The molecule has 0 aliphatic heterocycles. The lowest BCUT2D eigenvalue weighted by atomic mass is 10.1. The molecule has 1 aromatic carbocycles. The summed E-state index contributed by atoms with van der Waals surface area (Å²) in [5.41, 5.74) is 0.846. The SMILES string of the molecule is CC(C)CC(=O)NC(=S)Nc1nc2ccc(Cl)cc2s1. The summed E-state index contributed by atoms with van der Waals surface area (Å²) in [6.45, 7) is 3.96. The largest absolute Gasteiger partial charge is 0.308 e. The Kier molecular flexibility index (Phi) is 4.91. The van der Waals surface area contributed by atoms with Gasteiger partial charge in [0.15, 0.2) is 10.2 Å². The molecule has 1 aromatic heterocycles. The van der Waals surface area contributed by atoms with Crippen LogP contribution in [0.25, 0.3) is 10.2 Å². The number of fused-ring (bicyclic) bond motifs is 1. The minimum atomic E-state index is -0.0957. The van der Waals surface area contributed by atoms with Crippen LogP contribution in [0.3, 0.4) is 0 Å². The van der Waals surface area contributed by atoms with E-state index in [1.54, 1.807) is 6.07 Å². The number of rotatable bonds is 3. The molecule has 20 heavy (non-hydrogen) atoms. The second-order valence-corrected chi connectivity index (χ2v) is 6.61. The van der Waals surface area contributed by atoms with Crippen molar-refractivity contribution in [2.75, 3.05) is 5.32 Å². The molecule has 0 fully saturated rings. The van der Waals surface area contributed by atoms with E-state index < -0.39 is 0 Å². The summed E-state index contributed by atoms with van der Waals surface area (Å²) in [7, 11) is 0.